The molecule has 86 valence electrons. The third-order valence-corrected chi connectivity index (χ3v) is 2.86. The molecule has 0 bridgehead atoms. The van der Waals surface area contributed by atoms with Gasteiger partial charge in [-0.2, -0.15) is 5.26 Å². The van der Waals surface area contributed by atoms with E-state index in [1.165, 1.54) is 0 Å². The summed E-state index contributed by atoms with van der Waals surface area (Å²) in [6, 6.07) is 10.4. The molecule has 0 aliphatic rings. The van der Waals surface area contributed by atoms with E-state index in [2.05, 4.69) is 44.9 Å². The smallest absolute Gasteiger partial charge is 0.0992 e. The summed E-state index contributed by atoms with van der Waals surface area (Å²) in [4.78, 5) is 2.24. The van der Waals surface area contributed by atoms with Crippen molar-refractivity contribution < 1.29 is 0 Å². The van der Waals surface area contributed by atoms with E-state index in [0.29, 0.717) is 12.0 Å². The lowest BCUT2D eigenvalue weighted by Crippen LogP contribution is -2.29. The van der Waals surface area contributed by atoms with Crippen molar-refractivity contribution in [1.29, 1.82) is 5.26 Å². The van der Waals surface area contributed by atoms with Gasteiger partial charge in [0.2, 0.25) is 0 Å². The van der Waals surface area contributed by atoms with E-state index >= 15 is 0 Å². The lowest BCUT2D eigenvalue weighted by molar-refractivity contribution is 0.504. The molecule has 0 aromatic heterocycles. The van der Waals surface area contributed by atoms with Crippen molar-refractivity contribution in [3.8, 4) is 6.07 Å². The molecule has 16 heavy (non-hydrogen) atoms. The fourth-order valence-electron chi connectivity index (χ4n) is 1.89. The van der Waals surface area contributed by atoms with Crippen LogP contribution in [0.2, 0.25) is 0 Å². The van der Waals surface area contributed by atoms with Gasteiger partial charge in [0.05, 0.1) is 11.6 Å². The number of hydrogen-bond acceptors (Lipinski definition) is 2. The van der Waals surface area contributed by atoms with Crippen molar-refractivity contribution in [2.24, 2.45) is 5.92 Å². The number of hydrogen-bond donors (Lipinski definition) is 0. The predicted octanol–water partition coefficient (Wildman–Crippen LogP) is 3.43. The van der Waals surface area contributed by atoms with Gasteiger partial charge >= 0.3 is 0 Å². The Balaban J connectivity index is 2.79. The first-order chi connectivity index (χ1) is 7.54. The molecule has 0 spiro atoms. The molecule has 0 aliphatic heterocycles. The molecule has 0 amide bonds. The highest BCUT2D eigenvalue weighted by Gasteiger charge is 2.11. The molecule has 0 radical (unpaired) electrons. The Hall–Kier alpha value is -1.49. The van der Waals surface area contributed by atoms with Gasteiger partial charge in [-0.3, -0.25) is 0 Å². The molecule has 1 unspecified atom stereocenters. The topological polar surface area (TPSA) is 27.0 Å². The van der Waals surface area contributed by atoms with Gasteiger partial charge in [-0.25, -0.2) is 0 Å². The number of nitriles is 1. The van der Waals surface area contributed by atoms with Gasteiger partial charge in [0.15, 0.2) is 0 Å². The molecule has 2 heteroatoms. The molecular weight excluding hydrogens is 196 g/mol. The average molecular weight is 216 g/mol. The van der Waals surface area contributed by atoms with Crippen LogP contribution in [0.5, 0.6) is 0 Å². The third-order valence-electron chi connectivity index (χ3n) is 2.86. The highest BCUT2D eigenvalue weighted by atomic mass is 15.1. The van der Waals surface area contributed by atoms with Crippen LogP contribution in [0.25, 0.3) is 0 Å². The molecule has 0 heterocycles. The van der Waals surface area contributed by atoms with Crippen molar-refractivity contribution in [2.75, 3.05) is 11.9 Å². The van der Waals surface area contributed by atoms with Crippen molar-refractivity contribution in [3.05, 3.63) is 29.8 Å². The van der Waals surface area contributed by atoms with E-state index in [0.717, 1.165) is 17.7 Å². The lowest BCUT2D eigenvalue weighted by Gasteiger charge is -2.28. The number of nitrogens with zero attached hydrogens (tertiary/aromatic N) is 2. The summed E-state index contributed by atoms with van der Waals surface area (Å²) in [5.41, 5.74) is 1.84. The predicted molar refractivity (Wildman–Crippen MR) is 68.5 cm³/mol. The van der Waals surface area contributed by atoms with Crippen LogP contribution < -0.4 is 4.90 Å². The first-order valence-corrected chi connectivity index (χ1v) is 5.77. The second-order valence-corrected chi connectivity index (χ2v) is 4.75. The number of anilines is 1. The summed E-state index contributed by atoms with van der Waals surface area (Å²) in [7, 11) is 2.09. The minimum absolute atomic E-state index is 0.494. The number of rotatable bonds is 4. The summed E-state index contributed by atoms with van der Waals surface area (Å²) < 4.78 is 0. The Morgan fingerprint density at radius 1 is 1.31 bits per heavy atom. The van der Waals surface area contributed by atoms with Crippen molar-refractivity contribution in [1.82, 2.24) is 0 Å². The first-order valence-electron chi connectivity index (χ1n) is 5.77. The second-order valence-electron chi connectivity index (χ2n) is 4.75. The van der Waals surface area contributed by atoms with E-state index in [9.17, 15) is 0 Å². The molecular formula is C14H20N2. The Kier molecular flexibility index (Phi) is 4.37. The molecule has 0 fully saturated rings. The Labute approximate surface area is 98.5 Å². The Morgan fingerprint density at radius 3 is 2.56 bits per heavy atom. The van der Waals surface area contributed by atoms with E-state index in [-0.39, 0.29) is 0 Å². The van der Waals surface area contributed by atoms with Crippen molar-refractivity contribution >= 4 is 5.69 Å². The fraction of sp³-hybridized carbons (Fsp3) is 0.500. The van der Waals surface area contributed by atoms with Gasteiger partial charge in [-0.1, -0.05) is 19.9 Å². The van der Waals surface area contributed by atoms with Gasteiger partial charge < -0.3 is 4.90 Å². The zero-order valence-corrected chi connectivity index (χ0v) is 10.6. The van der Waals surface area contributed by atoms with Crippen LogP contribution in [0.3, 0.4) is 0 Å². The fourth-order valence-corrected chi connectivity index (χ4v) is 1.89. The largest absolute Gasteiger partial charge is 0.372 e. The zero-order chi connectivity index (χ0) is 12.1. The summed E-state index contributed by atoms with van der Waals surface area (Å²) in [6.07, 6.45) is 1.16. The van der Waals surface area contributed by atoms with Crippen LogP contribution in [0.1, 0.15) is 32.8 Å². The first kappa shape index (κ1) is 12.6. The highest BCUT2D eigenvalue weighted by Crippen LogP contribution is 2.19. The standard InChI is InChI=1S/C14H20N2/c1-11(2)8-12(3)16(4)14-7-5-6-13(9-14)10-15/h5-7,9,11-12H,8H2,1-4H3. The molecule has 1 atom stereocenters. The maximum absolute atomic E-state index is 8.86. The van der Waals surface area contributed by atoms with Crippen LogP contribution in [0.15, 0.2) is 24.3 Å². The normalized spacial score (nSPS) is 12.2. The minimum atomic E-state index is 0.494. The van der Waals surface area contributed by atoms with Gasteiger partial charge in [0.25, 0.3) is 0 Å². The number of benzene rings is 1. The van der Waals surface area contributed by atoms with Gasteiger partial charge in [-0.05, 0) is 37.5 Å². The van der Waals surface area contributed by atoms with E-state index < -0.39 is 0 Å². The highest BCUT2D eigenvalue weighted by molar-refractivity contribution is 5.51. The van der Waals surface area contributed by atoms with Crippen LogP contribution >= 0.6 is 0 Å². The maximum atomic E-state index is 8.86. The van der Waals surface area contributed by atoms with Crippen LogP contribution in [-0.2, 0) is 0 Å². The van der Waals surface area contributed by atoms with E-state index in [4.69, 9.17) is 5.26 Å². The maximum Gasteiger partial charge on any atom is 0.0992 e. The summed E-state index contributed by atoms with van der Waals surface area (Å²) in [5.74, 6) is 0.691. The third kappa shape index (κ3) is 3.27. The molecule has 0 N–H and O–H groups in total. The molecule has 1 aromatic rings. The molecule has 0 saturated heterocycles. The molecule has 1 rings (SSSR count). The summed E-state index contributed by atoms with van der Waals surface area (Å²) in [5, 5.41) is 8.86. The zero-order valence-electron chi connectivity index (χ0n) is 10.6. The Bertz CT molecular complexity index is 377. The Morgan fingerprint density at radius 2 is 2.00 bits per heavy atom. The quantitative estimate of drug-likeness (QED) is 0.771. The van der Waals surface area contributed by atoms with Crippen molar-refractivity contribution in [3.63, 3.8) is 0 Å². The minimum Gasteiger partial charge on any atom is -0.372 e. The van der Waals surface area contributed by atoms with Crippen LogP contribution in [-0.4, -0.2) is 13.1 Å². The summed E-state index contributed by atoms with van der Waals surface area (Å²) >= 11 is 0. The molecule has 0 saturated carbocycles. The van der Waals surface area contributed by atoms with E-state index in [1.54, 1.807) is 0 Å². The lowest BCUT2D eigenvalue weighted by atomic mass is 10.0. The summed E-state index contributed by atoms with van der Waals surface area (Å²) in [6.45, 7) is 6.69. The average Bonchev–Trinajstić information content (AvgIpc) is 2.27. The van der Waals surface area contributed by atoms with Crippen molar-refractivity contribution in [2.45, 2.75) is 33.2 Å². The van der Waals surface area contributed by atoms with Crippen LogP contribution in [0.4, 0.5) is 5.69 Å². The molecule has 1 aromatic carbocycles. The molecule has 2 nitrogen and oxygen atoms in total. The molecule has 0 aliphatic carbocycles. The van der Waals surface area contributed by atoms with Crippen LogP contribution in [0, 0.1) is 17.2 Å². The monoisotopic (exact) mass is 216 g/mol. The van der Waals surface area contributed by atoms with Gasteiger partial charge in [-0.15, -0.1) is 0 Å². The SMILES string of the molecule is CC(C)CC(C)N(C)c1cccc(C#N)c1. The van der Waals surface area contributed by atoms with Gasteiger partial charge in [0.1, 0.15) is 0 Å². The van der Waals surface area contributed by atoms with E-state index in [1.807, 2.05) is 18.2 Å². The van der Waals surface area contributed by atoms with Gasteiger partial charge in [0, 0.05) is 18.8 Å². The second kappa shape index (κ2) is 5.55.